The predicted octanol–water partition coefficient (Wildman–Crippen LogP) is 2.71. The summed E-state index contributed by atoms with van der Waals surface area (Å²) in [6, 6.07) is 5.47. The van der Waals surface area contributed by atoms with Crippen LogP contribution in [0.2, 0.25) is 5.02 Å². The molecule has 0 aliphatic heterocycles. The Kier molecular flexibility index (Phi) is 4.71. The summed E-state index contributed by atoms with van der Waals surface area (Å²) in [6.45, 7) is 1.95. The Bertz CT molecular complexity index is 738. The van der Waals surface area contributed by atoms with Gasteiger partial charge in [0.1, 0.15) is 5.54 Å². The molecule has 2 aromatic rings. The zero-order valence-corrected chi connectivity index (χ0v) is 14.6. The lowest BCUT2D eigenvalue weighted by Crippen LogP contribution is -2.51. The van der Waals surface area contributed by atoms with Crippen molar-refractivity contribution in [1.82, 2.24) is 30.8 Å². The van der Waals surface area contributed by atoms with Crippen LogP contribution >= 0.6 is 11.6 Å². The van der Waals surface area contributed by atoms with Crippen LogP contribution in [-0.4, -0.2) is 33.3 Å². The van der Waals surface area contributed by atoms with E-state index in [2.05, 4.69) is 26.2 Å². The number of carbonyl (C=O) groups is 1. The highest BCUT2D eigenvalue weighted by molar-refractivity contribution is 6.31. The van der Waals surface area contributed by atoms with Gasteiger partial charge >= 0.3 is 6.03 Å². The van der Waals surface area contributed by atoms with Gasteiger partial charge in [-0.2, -0.15) is 4.68 Å². The third kappa shape index (κ3) is 3.08. The molecule has 3 rings (SSSR count). The molecule has 0 atom stereocenters. The van der Waals surface area contributed by atoms with Gasteiger partial charge in [-0.3, -0.25) is 0 Å². The lowest BCUT2D eigenvalue weighted by molar-refractivity contribution is 0.196. The van der Waals surface area contributed by atoms with E-state index in [0.29, 0.717) is 10.8 Å². The molecule has 128 valence electrons. The van der Waals surface area contributed by atoms with Crippen molar-refractivity contribution < 1.29 is 4.79 Å². The second-order valence-corrected chi connectivity index (χ2v) is 6.60. The lowest BCUT2D eigenvalue weighted by atomic mass is 9.81. The van der Waals surface area contributed by atoms with E-state index in [-0.39, 0.29) is 6.03 Å². The number of nitrogens with one attached hydrogen (secondary N) is 2. The number of aryl methyl sites for hydroxylation is 1. The first-order chi connectivity index (χ1) is 11.6. The van der Waals surface area contributed by atoms with E-state index in [0.717, 1.165) is 43.4 Å². The number of tetrazole rings is 1. The molecule has 24 heavy (non-hydrogen) atoms. The fraction of sp³-hybridized carbons (Fsp3) is 0.500. The quantitative estimate of drug-likeness (QED) is 0.893. The predicted molar refractivity (Wildman–Crippen MR) is 91.3 cm³/mol. The van der Waals surface area contributed by atoms with Crippen LogP contribution in [0.15, 0.2) is 18.2 Å². The van der Waals surface area contributed by atoms with Crippen molar-refractivity contribution in [2.45, 2.75) is 44.6 Å². The maximum atomic E-state index is 12.0. The average molecular weight is 349 g/mol. The van der Waals surface area contributed by atoms with Gasteiger partial charge in [0, 0.05) is 12.1 Å². The maximum Gasteiger partial charge on any atom is 0.315 e. The highest BCUT2D eigenvalue weighted by Gasteiger charge is 2.40. The average Bonchev–Trinajstić information content (AvgIpc) is 3.08. The summed E-state index contributed by atoms with van der Waals surface area (Å²) in [6.07, 6.45) is 4.80. The van der Waals surface area contributed by atoms with Crippen molar-refractivity contribution >= 4 is 17.6 Å². The van der Waals surface area contributed by atoms with E-state index in [1.165, 1.54) is 0 Å². The van der Waals surface area contributed by atoms with E-state index in [1.54, 1.807) is 11.7 Å². The van der Waals surface area contributed by atoms with Crippen molar-refractivity contribution in [2.24, 2.45) is 0 Å². The SMILES string of the molecule is CNC(=O)NC1(c2nnnn2-c2ccc(C)c(Cl)c2)CCCCC1. The molecule has 1 aliphatic rings. The number of halogens is 1. The van der Waals surface area contributed by atoms with Crippen LogP contribution in [0.5, 0.6) is 0 Å². The number of carbonyl (C=O) groups excluding carboxylic acids is 1. The summed E-state index contributed by atoms with van der Waals surface area (Å²) < 4.78 is 1.67. The number of nitrogens with zero attached hydrogens (tertiary/aromatic N) is 4. The molecular weight excluding hydrogens is 328 g/mol. The molecule has 1 saturated carbocycles. The van der Waals surface area contributed by atoms with Crippen LogP contribution in [0.4, 0.5) is 4.79 Å². The second-order valence-electron chi connectivity index (χ2n) is 6.19. The van der Waals surface area contributed by atoms with Gasteiger partial charge in [0.15, 0.2) is 5.82 Å². The van der Waals surface area contributed by atoms with Gasteiger partial charge < -0.3 is 10.6 Å². The highest BCUT2D eigenvalue weighted by Crippen LogP contribution is 2.36. The summed E-state index contributed by atoms with van der Waals surface area (Å²) in [5.41, 5.74) is 1.21. The van der Waals surface area contributed by atoms with E-state index >= 15 is 0 Å². The molecule has 0 bridgehead atoms. The topological polar surface area (TPSA) is 84.7 Å². The molecule has 1 heterocycles. The molecule has 1 aromatic heterocycles. The van der Waals surface area contributed by atoms with Gasteiger partial charge in [0.2, 0.25) is 0 Å². The molecular formula is C16H21ClN6O. The van der Waals surface area contributed by atoms with Gasteiger partial charge in [-0.05, 0) is 47.9 Å². The summed E-state index contributed by atoms with van der Waals surface area (Å²) in [4.78, 5) is 12.0. The first-order valence-corrected chi connectivity index (χ1v) is 8.49. The van der Waals surface area contributed by atoms with Crippen molar-refractivity contribution in [3.05, 3.63) is 34.6 Å². The molecule has 7 nitrogen and oxygen atoms in total. The van der Waals surface area contributed by atoms with Crippen LogP contribution in [0.25, 0.3) is 5.69 Å². The number of aromatic nitrogens is 4. The van der Waals surface area contributed by atoms with Crippen LogP contribution in [0, 0.1) is 6.92 Å². The minimum Gasteiger partial charge on any atom is -0.341 e. The smallest absolute Gasteiger partial charge is 0.315 e. The molecule has 1 aliphatic carbocycles. The zero-order chi connectivity index (χ0) is 17.2. The van der Waals surface area contributed by atoms with Crippen molar-refractivity contribution in [3.63, 3.8) is 0 Å². The largest absolute Gasteiger partial charge is 0.341 e. The highest BCUT2D eigenvalue weighted by atomic mass is 35.5. The van der Waals surface area contributed by atoms with Crippen molar-refractivity contribution in [1.29, 1.82) is 0 Å². The lowest BCUT2D eigenvalue weighted by Gasteiger charge is -2.36. The number of hydrogen-bond acceptors (Lipinski definition) is 4. The van der Waals surface area contributed by atoms with Crippen LogP contribution in [-0.2, 0) is 5.54 Å². The number of hydrogen-bond donors (Lipinski definition) is 2. The Morgan fingerprint density at radius 1 is 1.29 bits per heavy atom. The number of urea groups is 1. The summed E-state index contributed by atoms with van der Waals surface area (Å²) in [7, 11) is 1.61. The minimum absolute atomic E-state index is 0.228. The molecule has 0 spiro atoms. The molecule has 0 saturated heterocycles. The third-order valence-corrected chi connectivity index (χ3v) is 4.99. The van der Waals surface area contributed by atoms with Gasteiger partial charge in [-0.15, -0.1) is 5.10 Å². The van der Waals surface area contributed by atoms with E-state index in [9.17, 15) is 4.79 Å². The monoisotopic (exact) mass is 348 g/mol. The fourth-order valence-corrected chi connectivity index (χ4v) is 3.39. The van der Waals surface area contributed by atoms with Gasteiger partial charge in [-0.1, -0.05) is 36.9 Å². The van der Waals surface area contributed by atoms with Gasteiger partial charge in [0.25, 0.3) is 0 Å². The Labute approximate surface area is 145 Å². The Hall–Kier alpha value is -2.15. The molecule has 2 N–H and O–H groups in total. The Morgan fingerprint density at radius 3 is 2.71 bits per heavy atom. The first kappa shape index (κ1) is 16.7. The summed E-state index contributed by atoms with van der Waals surface area (Å²) >= 11 is 6.25. The van der Waals surface area contributed by atoms with Crippen LogP contribution in [0.3, 0.4) is 0 Å². The first-order valence-electron chi connectivity index (χ1n) is 8.11. The summed E-state index contributed by atoms with van der Waals surface area (Å²) in [5, 5.41) is 18.6. The molecule has 2 amide bonds. The standard InChI is InChI=1S/C16H21ClN6O/c1-11-6-7-12(10-13(11)17)23-14(20-21-22-23)16(19-15(24)18-2)8-4-3-5-9-16/h6-7,10H,3-5,8-9H2,1-2H3,(H2,18,19,24). The van der Waals surface area contributed by atoms with Crippen LogP contribution in [0.1, 0.15) is 43.5 Å². The van der Waals surface area contributed by atoms with Gasteiger partial charge in [-0.25, -0.2) is 4.79 Å². The third-order valence-electron chi connectivity index (χ3n) is 4.58. The Morgan fingerprint density at radius 2 is 2.04 bits per heavy atom. The second kappa shape index (κ2) is 6.76. The van der Waals surface area contributed by atoms with Crippen molar-refractivity contribution in [3.8, 4) is 5.69 Å². The number of rotatable bonds is 3. The Balaban J connectivity index is 2.04. The molecule has 8 heteroatoms. The number of benzene rings is 1. The fourth-order valence-electron chi connectivity index (χ4n) is 3.21. The van der Waals surface area contributed by atoms with Crippen molar-refractivity contribution in [2.75, 3.05) is 7.05 Å². The van der Waals surface area contributed by atoms with Crippen LogP contribution < -0.4 is 10.6 Å². The molecule has 1 fully saturated rings. The molecule has 0 radical (unpaired) electrons. The van der Waals surface area contributed by atoms with E-state index in [4.69, 9.17) is 11.6 Å². The molecule has 0 unspecified atom stereocenters. The number of amides is 2. The zero-order valence-electron chi connectivity index (χ0n) is 13.8. The van der Waals surface area contributed by atoms with Gasteiger partial charge in [0.05, 0.1) is 5.69 Å². The maximum absolute atomic E-state index is 12.0. The summed E-state index contributed by atoms with van der Waals surface area (Å²) in [5.74, 6) is 0.644. The molecule has 1 aromatic carbocycles. The normalized spacial score (nSPS) is 16.6. The van der Waals surface area contributed by atoms with E-state index < -0.39 is 5.54 Å². The van der Waals surface area contributed by atoms with E-state index in [1.807, 2.05) is 25.1 Å². The minimum atomic E-state index is -0.570.